The summed E-state index contributed by atoms with van der Waals surface area (Å²) in [5, 5.41) is 3.70. The SMILES string of the molecule is Cc1ccc2c(=O)c(C(=O)N3CCCCC3)cn(CC(=O)Nc3ccc(Cl)cc3)c2n1. The number of nitrogens with zero attached hydrogens (tertiary/aromatic N) is 3. The number of hydrogen-bond donors (Lipinski definition) is 1. The lowest BCUT2D eigenvalue weighted by molar-refractivity contribution is -0.116. The van der Waals surface area contributed by atoms with Crippen LogP contribution in [0.5, 0.6) is 0 Å². The zero-order valence-corrected chi connectivity index (χ0v) is 18.0. The Morgan fingerprint density at radius 3 is 2.48 bits per heavy atom. The van der Waals surface area contributed by atoms with Gasteiger partial charge in [0.1, 0.15) is 17.8 Å². The van der Waals surface area contributed by atoms with E-state index in [2.05, 4.69) is 10.3 Å². The van der Waals surface area contributed by atoms with Crippen molar-refractivity contribution in [2.45, 2.75) is 32.7 Å². The van der Waals surface area contributed by atoms with Crippen LogP contribution in [0.25, 0.3) is 11.0 Å². The van der Waals surface area contributed by atoms with Gasteiger partial charge in [-0.05, 0) is 62.6 Å². The molecule has 2 amide bonds. The van der Waals surface area contributed by atoms with Crippen molar-refractivity contribution in [3.05, 3.63) is 69.1 Å². The average Bonchev–Trinajstić information content (AvgIpc) is 2.77. The standard InChI is InChI=1S/C23H23ClN4O3/c1-15-5-10-18-21(30)19(23(31)27-11-3-2-4-12-27)13-28(22(18)25-15)14-20(29)26-17-8-6-16(24)7-9-17/h5-10,13H,2-4,11-12,14H2,1H3,(H,26,29). The lowest BCUT2D eigenvalue weighted by atomic mass is 10.1. The monoisotopic (exact) mass is 438 g/mol. The molecule has 1 aliphatic rings. The molecule has 7 nitrogen and oxygen atoms in total. The highest BCUT2D eigenvalue weighted by Gasteiger charge is 2.23. The number of rotatable bonds is 4. The zero-order valence-electron chi connectivity index (χ0n) is 17.2. The summed E-state index contributed by atoms with van der Waals surface area (Å²) in [5.41, 5.74) is 1.42. The number of likely N-dealkylation sites (tertiary alicyclic amines) is 1. The van der Waals surface area contributed by atoms with Gasteiger partial charge in [0, 0.05) is 35.7 Å². The van der Waals surface area contributed by atoms with Crippen LogP contribution in [0.2, 0.25) is 5.02 Å². The highest BCUT2D eigenvalue weighted by Crippen LogP contribution is 2.17. The molecule has 160 valence electrons. The van der Waals surface area contributed by atoms with Crippen LogP contribution in [0, 0.1) is 6.92 Å². The van der Waals surface area contributed by atoms with Crippen molar-refractivity contribution in [1.29, 1.82) is 0 Å². The Hall–Kier alpha value is -3.19. The van der Waals surface area contributed by atoms with E-state index in [1.165, 1.54) is 6.20 Å². The molecule has 0 bridgehead atoms. The number of carbonyl (C=O) groups excluding carboxylic acids is 2. The summed E-state index contributed by atoms with van der Waals surface area (Å²) in [5.74, 6) is -0.592. The summed E-state index contributed by atoms with van der Waals surface area (Å²) in [6.45, 7) is 3.00. The van der Waals surface area contributed by atoms with Crippen LogP contribution >= 0.6 is 11.6 Å². The van der Waals surface area contributed by atoms with Gasteiger partial charge >= 0.3 is 0 Å². The number of pyridine rings is 2. The molecule has 1 N–H and O–H groups in total. The van der Waals surface area contributed by atoms with Crippen molar-refractivity contribution >= 4 is 40.1 Å². The number of benzene rings is 1. The molecule has 0 saturated carbocycles. The van der Waals surface area contributed by atoms with E-state index in [-0.39, 0.29) is 29.4 Å². The van der Waals surface area contributed by atoms with E-state index in [1.54, 1.807) is 45.9 Å². The highest BCUT2D eigenvalue weighted by molar-refractivity contribution is 6.30. The predicted octanol–water partition coefficient (Wildman–Crippen LogP) is 3.62. The number of fused-ring (bicyclic) bond motifs is 1. The molecule has 1 saturated heterocycles. The average molecular weight is 439 g/mol. The van der Waals surface area contributed by atoms with Crippen molar-refractivity contribution in [1.82, 2.24) is 14.5 Å². The number of hydrogen-bond acceptors (Lipinski definition) is 4. The molecule has 0 radical (unpaired) electrons. The van der Waals surface area contributed by atoms with E-state index in [0.29, 0.717) is 40.5 Å². The third-order valence-electron chi connectivity index (χ3n) is 5.38. The fraction of sp³-hybridized carbons (Fsp3) is 0.304. The van der Waals surface area contributed by atoms with Crippen LogP contribution in [0.1, 0.15) is 35.3 Å². The Bertz CT molecular complexity index is 1200. The Labute approximate surface area is 184 Å². The summed E-state index contributed by atoms with van der Waals surface area (Å²) < 4.78 is 1.58. The van der Waals surface area contributed by atoms with Gasteiger partial charge in [-0.25, -0.2) is 4.98 Å². The first-order valence-corrected chi connectivity index (χ1v) is 10.7. The molecule has 3 heterocycles. The number of aryl methyl sites for hydroxylation is 1. The number of carbonyl (C=O) groups is 2. The van der Waals surface area contributed by atoms with Gasteiger partial charge < -0.3 is 14.8 Å². The van der Waals surface area contributed by atoms with Crippen molar-refractivity contribution < 1.29 is 9.59 Å². The van der Waals surface area contributed by atoms with Gasteiger partial charge in [-0.3, -0.25) is 14.4 Å². The zero-order chi connectivity index (χ0) is 22.0. The summed E-state index contributed by atoms with van der Waals surface area (Å²) in [6.07, 6.45) is 4.41. The van der Waals surface area contributed by atoms with Crippen LogP contribution in [0.3, 0.4) is 0 Å². The fourth-order valence-corrected chi connectivity index (χ4v) is 3.91. The number of halogens is 1. The molecule has 3 aromatic rings. The van der Waals surface area contributed by atoms with Crippen molar-refractivity contribution in [2.24, 2.45) is 0 Å². The summed E-state index contributed by atoms with van der Waals surface area (Å²) in [6, 6.07) is 10.2. The highest BCUT2D eigenvalue weighted by atomic mass is 35.5. The molecule has 31 heavy (non-hydrogen) atoms. The summed E-state index contributed by atoms with van der Waals surface area (Å²) >= 11 is 5.89. The van der Waals surface area contributed by atoms with E-state index in [1.807, 2.05) is 6.92 Å². The number of nitrogens with one attached hydrogen (secondary N) is 1. The van der Waals surface area contributed by atoms with Crippen LogP contribution in [0.4, 0.5) is 5.69 Å². The van der Waals surface area contributed by atoms with Crippen molar-refractivity contribution in [3.63, 3.8) is 0 Å². The Morgan fingerprint density at radius 2 is 1.77 bits per heavy atom. The molecule has 8 heteroatoms. The minimum Gasteiger partial charge on any atom is -0.338 e. The van der Waals surface area contributed by atoms with Gasteiger partial charge in [0.2, 0.25) is 11.3 Å². The number of amides is 2. The van der Waals surface area contributed by atoms with Crippen LogP contribution in [-0.2, 0) is 11.3 Å². The first-order valence-electron chi connectivity index (χ1n) is 10.3. The normalized spacial score (nSPS) is 13.9. The van der Waals surface area contributed by atoms with Gasteiger partial charge in [0.15, 0.2) is 0 Å². The van der Waals surface area contributed by atoms with Gasteiger partial charge in [0.05, 0.1) is 5.39 Å². The minimum atomic E-state index is -0.354. The molecule has 4 rings (SSSR count). The topological polar surface area (TPSA) is 84.3 Å². The molecular weight excluding hydrogens is 416 g/mol. The van der Waals surface area contributed by atoms with E-state index >= 15 is 0 Å². The molecule has 0 atom stereocenters. The van der Waals surface area contributed by atoms with Gasteiger partial charge in [-0.2, -0.15) is 0 Å². The molecule has 0 aliphatic carbocycles. The third-order valence-corrected chi connectivity index (χ3v) is 5.63. The maximum atomic E-state index is 13.1. The molecular formula is C23H23ClN4O3. The summed E-state index contributed by atoms with van der Waals surface area (Å²) in [7, 11) is 0. The van der Waals surface area contributed by atoms with Crippen LogP contribution < -0.4 is 10.7 Å². The maximum Gasteiger partial charge on any atom is 0.259 e. The van der Waals surface area contributed by atoms with Crippen LogP contribution in [0.15, 0.2) is 47.4 Å². The number of piperidine rings is 1. The van der Waals surface area contributed by atoms with Crippen LogP contribution in [-0.4, -0.2) is 39.4 Å². The smallest absolute Gasteiger partial charge is 0.259 e. The number of aromatic nitrogens is 2. The number of anilines is 1. The molecule has 1 aliphatic heterocycles. The van der Waals surface area contributed by atoms with E-state index in [4.69, 9.17) is 11.6 Å². The predicted molar refractivity (Wildman–Crippen MR) is 121 cm³/mol. The second-order valence-corrected chi connectivity index (χ2v) is 8.17. The van der Waals surface area contributed by atoms with Gasteiger partial charge in [-0.1, -0.05) is 11.6 Å². The lowest BCUT2D eigenvalue weighted by Crippen LogP contribution is -2.38. The van der Waals surface area contributed by atoms with E-state index in [0.717, 1.165) is 19.3 Å². The van der Waals surface area contributed by atoms with E-state index in [9.17, 15) is 14.4 Å². The third kappa shape index (κ3) is 4.61. The fourth-order valence-electron chi connectivity index (χ4n) is 3.79. The molecule has 0 spiro atoms. The maximum absolute atomic E-state index is 13.1. The minimum absolute atomic E-state index is 0.0688. The largest absolute Gasteiger partial charge is 0.338 e. The quantitative estimate of drug-likeness (QED) is 0.674. The van der Waals surface area contributed by atoms with Gasteiger partial charge in [-0.15, -0.1) is 0 Å². The molecule has 0 unspecified atom stereocenters. The molecule has 1 fully saturated rings. The Kier molecular flexibility index (Phi) is 6.04. The molecule has 2 aromatic heterocycles. The van der Waals surface area contributed by atoms with E-state index < -0.39 is 0 Å². The molecule has 1 aromatic carbocycles. The first kappa shape index (κ1) is 21.1. The lowest BCUT2D eigenvalue weighted by Gasteiger charge is -2.26. The second-order valence-electron chi connectivity index (χ2n) is 7.73. The Balaban J connectivity index is 1.70. The summed E-state index contributed by atoms with van der Waals surface area (Å²) in [4.78, 5) is 45.0. The first-order chi connectivity index (χ1) is 14.9. The van der Waals surface area contributed by atoms with Crippen molar-refractivity contribution in [2.75, 3.05) is 18.4 Å². The Morgan fingerprint density at radius 1 is 1.06 bits per heavy atom. The second kappa shape index (κ2) is 8.89. The van der Waals surface area contributed by atoms with Gasteiger partial charge in [0.25, 0.3) is 5.91 Å². The van der Waals surface area contributed by atoms with Crippen molar-refractivity contribution in [3.8, 4) is 0 Å².